The van der Waals surface area contributed by atoms with Gasteiger partial charge >= 0.3 is 6.18 Å². The van der Waals surface area contributed by atoms with Crippen LogP contribution in [0, 0.1) is 6.92 Å². The fraction of sp³-hybridized carbons (Fsp3) is 0.167. The van der Waals surface area contributed by atoms with E-state index in [9.17, 15) is 34.8 Å². The van der Waals surface area contributed by atoms with Crippen molar-refractivity contribution in [2.45, 2.75) is 29.8 Å². The molecule has 1 amide bonds. The maximum Gasteiger partial charge on any atom is 0.416 e. The lowest BCUT2D eigenvalue weighted by Crippen LogP contribution is -2.38. The number of nitrogens with zero attached hydrogens (tertiary/aromatic N) is 1. The Labute approximate surface area is 253 Å². The van der Waals surface area contributed by atoms with Gasteiger partial charge in [0.05, 0.1) is 27.6 Å². The highest BCUT2D eigenvalue weighted by Gasteiger charge is 2.31. The van der Waals surface area contributed by atoms with Gasteiger partial charge in [0.2, 0.25) is 5.91 Å². The van der Waals surface area contributed by atoms with E-state index < -0.39 is 44.2 Å². The molecule has 232 valence electrons. The molecule has 4 rings (SSSR count). The molecule has 0 saturated heterocycles. The van der Waals surface area contributed by atoms with Crippen LogP contribution < -0.4 is 19.1 Å². The molecule has 0 spiro atoms. The lowest BCUT2D eigenvalue weighted by Gasteiger charge is -2.26. The molecular formula is C30H28F3N3O6S2. The Balaban J connectivity index is 1.55. The van der Waals surface area contributed by atoms with E-state index in [1.165, 1.54) is 36.4 Å². The normalized spacial score (nSPS) is 11.9. The maximum atomic E-state index is 13.7. The number of para-hydroxylation sites is 2. The van der Waals surface area contributed by atoms with Gasteiger partial charge < -0.3 is 10.1 Å². The maximum absolute atomic E-state index is 13.7. The molecule has 2 N–H and O–H groups in total. The van der Waals surface area contributed by atoms with Crippen molar-refractivity contribution < 1.29 is 39.5 Å². The number of sulfonamides is 2. The number of benzene rings is 4. The van der Waals surface area contributed by atoms with Crippen LogP contribution >= 0.6 is 0 Å². The number of hydrogen-bond acceptors (Lipinski definition) is 6. The SMILES string of the molecule is CCOc1ccccc1N(CC(=O)Nc1ccc(S(=O)(=O)Nc2cccc(C(F)(F)F)c2)cc1)S(=O)(=O)c1ccc(C)cc1. The molecule has 0 atom stereocenters. The number of hydrogen-bond donors (Lipinski definition) is 2. The van der Waals surface area contributed by atoms with E-state index in [0.29, 0.717) is 6.07 Å². The number of carbonyl (C=O) groups is 1. The van der Waals surface area contributed by atoms with E-state index in [-0.39, 0.29) is 39.2 Å². The van der Waals surface area contributed by atoms with E-state index >= 15 is 0 Å². The third-order valence-corrected chi connectivity index (χ3v) is 9.39. The minimum atomic E-state index is -4.65. The molecule has 4 aromatic rings. The second-order valence-corrected chi connectivity index (χ2v) is 13.0. The Morgan fingerprint density at radius 3 is 2.09 bits per heavy atom. The van der Waals surface area contributed by atoms with Gasteiger partial charge in [0.1, 0.15) is 12.3 Å². The quantitative estimate of drug-likeness (QED) is 0.205. The summed E-state index contributed by atoms with van der Waals surface area (Å²) in [5.41, 5.74) is -0.151. The Morgan fingerprint density at radius 2 is 1.45 bits per heavy atom. The molecule has 44 heavy (non-hydrogen) atoms. The van der Waals surface area contributed by atoms with Crippen LogP contribution in [0.25, 0.3) is 0 Å². The Bertz CT molecular complexity index is 1850. The highest BCUT2D eigenvalue weighted by Crippen LogP contribution is 2.33. The number of carbonyl (C=O) groups excluding carboxylic acids is 1. The fourth-order valence-corrected chi connectivity index (χ4v) is 6.58. The number of halogens is 3. The van der Waals surface area contributed by atoms with E-state index in [1.807, 2.05) is 6.92 Å². The Kier molecular flexibility index (Phi) is 9.54. The monoisotopic (exact) mass is 647 g/mol. The summed E-state index contributed by atoms with van der Waals surface area (Å²) in [6.07, 6.45) is -4.65. The molecule has 0 unspecified atom stereocenters. The zero-order valence-electron chi connectivity index (χ0n) is 23.5. The first-order valence-corrected chi connectivity index (χ1v) is 16.0. The number of rotatable bonds is 11. The topological polar surface area (TPSA) is 122 Å². The number of ether oxygens (including phenoxy) is 1. The molecule has 0 aliphatic carbocycles. The van der Waals surface area contributed by atoms with Gasteiger partial charge in [0.25, 0.3) is 20.0 Å². The summed E-state index contributed by atoms with van der Waals surface area (Å²) >= 11 is 0. The fourth-order valence-electron chi connectivity index (χ4n) is 4.10. The average Bonchev–Trinajstić information content (AvgIpc) is 2.96. The van der Waals surface area contributed by atoms with Gasteiger partial charge in [-0.05, 0) is 80.6 Å². The van der Waals surface area contributed by atoms with Crippen molar-refractivity contribution in [3.05, 3.63) is 108 Å². The summed E-state index contributed by atoms with van der Waals surface area (Å²) in [5.74, 6) is -0.481. The van der Waals surface area contributed by atoms with E-state index in [1.54, 1.807) is 37.3 Å². The molecule has 0 aliphatic rings. The number of nitrogens with one attached hydrogen (secondary N) is 2. The molecule has 0 fully saturated rings. The molecule has 4 aromatic carbocycles. The molecule has 14 heteroatoms. The summed E-state index contributed by atoms with van der Waals surface area (Å²) < 4.78 is 101. The standard InChI is InChI=1S/C30H28F3N3O6S2/c1-3-42-28-10-5-4-9-27(28)36(44(40,41)26-15-11-21(2)12-16-26)20-29(37)34-23-13-17-25(18-14-23)43(38,39)35-24-8-6-7-22(19-24)30(31,32)33/h4-19,35H,3,20H2,1-2H3,(H,34,37). The van der Waals surface area contributed by atoms with Crippen molar-refractivity contribution in [2.24, 2.45) is 0 Å². The predicted molar refractivity (Wildman–Crippen MR) is 161 cm³/mol. The van der Waals surface area contributed by atoms with E-state index in [4.69, 9.17) is 4.74 Å². The molecular weight excluding hydrogens is 619 g/mol. The van der Waals surface area contributed by atoms with Crippen LogP contribution in [0.4, 0.5) is 30.2 Å². The van der Waals surface area contributed by atoms with Crippen LogP contribution in [0.15, 0.2) is 107 Å². The van der Waals surface area contributed by atoms with Crippen molar-refractivity contribution in [3.8, 4) is 5.75 Å². The van der Waals surface area contributed by atoms with Gasteiger partial charge in [0.15, 0.2) is 0 Å². The third-order valence-electron chi connectivity index (χ3n) is 6.22. The summed E-state index contributed by atoms with van der Waals surface area (Å²) in [6.45, 7) is 3.15. The van der Waals surface area contributed by atoms with E-state index in [0.717, 1.165) is 34.1 Å². The Morgan fingerprint density at radius 1 is 0.818 bits per heavy atom. The molecule has 0 aliphatic heterocycles. The zero-order chi connectivity index (χ0) is 32.1. The van der Waals surface area contributed by atoms with Crippen molar-refractivity contribution in [3.63, 3.8) is 0 Å². The van der Waals surface area contributed by atoms with Gasteiger partial charge in [-0.15, -0.1) is 0 Å². The lowest BCUT2D eigenvalue weighted by atomic mass is 10.2. The smallest absolute Gasteiger partial charge is 0.416 e. The van der Waals surface area contributed by atoms with Gasteiger partial charge in [-0.25, -0.2) is 16.8 Å². The van der Waals surface area contributed by atoms with Crippen LogP contribution in [0.3, 0.4) is 0 Å². The zero-order valence-corrected chi connectivity index (χ0v) is 25.1. The first kappa shape index (κ1) is 32.4. The predicted octanol–water partition coefficient (Wildman–Crippen LogP) is 6.05. The summed E-state index contributed by atoms with van der Waals surface area (Å²) in [4.78, 5) is 12.8. The van der Waals surface area contributed by atoms with Gasteiger partial charge in [-0.3, -0.25) is 13.8 Å². The van der Waals surface area contributed by atoms with Crippen molar-refractivity contribution in [1.82, 2.24) is 0 Å². The Hall–Kier alpha value is -4.56. The number of amides is 1. The largest absolute Gasteiger partial charge is 0.492 e. The minimum absolute atomic E-state index is 0.0370. The van der Waals surface area contributed by atoms with E-state index in [2.05, 4.69) is 10.0 Å². The molecule has 9 nitrogen and oxygen atoms in total. The van der Waals surface area contributed by atoms with Crippen molar-refractivity contribution in [2.75, 3.05) is 27.5 Å². The molecule has 0 radical (unpaired) electrons. The number of aryl methyl sites for hydroxylation is 1. The van der Waals surface area contributed by atoms with Crippen LogP contribution in [0.2, 0.25) is 0 Å². The lowest BCUT2D eigenvalue weighted by molar-refractivity contribution is -0.137. The van der Waals surface area contributed by atoms with Crippen LogP contribution in [-0.4, -0.2) is 35.9 Å². The molecule has 0 aromatic heterocycles. The van der Waals surface area contributed by atoms with Crippen molar-refractivity contribution >= 4 is 43.0 Å². The van der Waals surface area contributed by atoms with Crippen molar-refractivity contribution in [1.29, 1.82) is 0 Å². The van der Waals surface area contributed by atoms with Gasteiger partial charge in [0, 0.05) is 11.4 Å². The second-order valence-electron chi connectivity index (χ2n) is 9.48. The summed E-state index contributed by atoms with van der Waals surface area (Å²) in [7, 11) is -8.50. The van der Waals surface area contributed by atoms with Gasteiger partial charge in [-0.1, -0.05) is 35.9 Å². The number of anilines is 3. The van der Waals surface area contributed by atoms with Crippen LogP contribution in [0.1, 0.15) is 18.1 Å². The highest BCUT2D eigenvalue weighted by atomic mass is 32.2. The third kappa shape index (κ3) is 7.68. The number of alkyl halides is 3. The molecule has 0 bridgehead atoms. The molecule has 0 heterocycles. The van der Waals surface area contributed by atoms with Gasteiger partial charge in [-0.2, -0.15) is 13.2 Å². The highest BCUT2D eigenvalue weighted by molar-refractivity contribution is 7.93. The first-order chi connectivity index (χ1) is 20.7. The van der Waals surface area contributed by atoms with Crippen LogP contribution in [0.5, 0.6) is 5.75 Å². The first-order valence-electron chi connectivity index (χ1n) is 13.1. The van der Waals surface area contributed by atoms with Crippen LogP contribution in [-0.2, 0) is 31.0 Å². The molecule has 0 saturated carbocycles. The minimum Gasteiger partial charge on any atom is -0.492 e. The second kappa shape index (κ2) is 13.0. The summed E-state index contributed by atoms with van der Waals surface area (Å²) in [5, 5.41) is 2.55. The average molecular weight is 648 g/mol. The summed E-state index contributed by atoms with van der Waals surface area (Å²) in [6, 6.07) is 21.1.